The molecule has 1 atom stereocenters. The van der Waals surface area contributed by atoms with Crippen LogP contribution in [0.15, 0.2) is 12.1 Å². The Bertz CT molecular complexity index is 360. The molecule has 0 aliphatic rings. The summed E-state index contributed by atoms with van der Waals surface area (Å²) in [4.78, 5) is 14.3. The second-order valence-electron chi connectivity index (χ2n) is 4.75. The van der Waals surface area contributed by atoms with Gasteiger partial charge in [-0.3, -0.25) is 4.79 Å². The summed E-state index contributed by atoms with van der Waals surface area (Å²) in [5.41, 5.74) is 0. The first kappa shape index (κ1) is 14.2. The van der Waals surface area contributed by atoms with Crippen molar-refractivity contribution in [2.75, 3.05) is 6.54 Å². The lowest BCUT2D eigenvalue weighted by Gasteiger charge is -2.14. The highest BCUT2D eigenvalue weighted by Crippen LogP contribution is 2.14. The molecule has 0 radical (unpaired) electrons. The molecule has 2 N–H and O–H groups in total. The number of carbonyl (C=O) groups is 1. The molecule has 1 unspecified atom stereocenters. The van der Waals surface area contributed by atoms with Crippen LogP contribution in [0.25, 0.3) is 0 Å². The lowest BCUT2D eigenvalue weighted by molar-refractivity contribution is -0.122. The molecule has 0 saturated carbocycles. The lowest BCUT2D eigenvalue weighted by Crippen LogP contribution is -2.42. The van der Waals surface area contributed by atoms with Gasteiger partial charge in [0.25, 0.3) is 0 Å². The van der Waals surface area contributed by atoms with Crippen LogP contribution in [-0.2, 0) is 11.3 Å². The van der Waals surface area contributed by atoms with Crippen molar-refractivity contribution in [3.8, 4) is 0 Å². The average Bonchev–Trinajstić information content (AvgIpc) is 2.68. The number of amides is 1. The van der Waals surface area contributed by atoms with Gasteiger partial charge in [-0.1, -0.05) is 13.8 Å². The van der Waals surface area contributed by atoms with Gasteiger partial charge in [-0.15, -0.1) is 11.3 Å². The first-order valence-corrected chi connectivity index (χ1v) is 6.87. The summed E-state index contributed by atoms with van der Waals surface area (Å²) in [6.45, 7) is 9.67. The predicted molar refractivity (Wildman–Crippen MR) is 73.2 cm³/mol. The number of hydrogen-bond acceptors (Lipinski definition) is 3. The normalized spacial score (nSPS) is 12.8. The third-order valence-electron chi connectivity index (χ3n) is 2.46. The van der Waals surface area contributed by atoms with Crippen LogP contribution < -0.4 is 10.6 Å². The molecular weight excluding hydrogens is 232 g/mol. The number of thiophene rings is 1. The number of rotatable bonds is 6. The van der Waals surface area contributed by atoms with E-state index >= 15 is 0 Å². The zero-order chi connectivity index (χ0) is 12.8. The van der Waals surface area contributed by atoms with Gasteiger partial charge in [0.05, 0.1) is 6.04 Å². The van der Waals surface area contributed by atoms with E-state index in [1.54, 1.807) is 11.3 Å². The standard InChI is InChI=1S/C13H22N2OS/c1-9(2)7-15-13(16)11(4)14-8-12-6-5-10(3)17-12/h5-6,9,11,14H,7-8H2,1-4H3,(H,15,16). The quantitative estimate of drug-likeness (QED) is 0.818. The number of carbonyl (C=O) groups excluding carboxylic acids is 1. The van der Waals surface area contributed by atoms with Crippen molar-refractivity contribution >= 4 is 17.2 Å². The van der Waals surface area contributed by atoms with Crippen LogP contribution in [0, 0.1) is 12.8 Å². The van der Waals surface area contributed by atoms with E-state index in [1.165, 1.54) is 9.75 Å². The molecule has 0 saturated heterocycles. The first-order valence-electron chi connectivity index (χ1n) is 6.05. The van der Waals surface area contributed by atoms with Crippen LogP contribution in [-0.4, -0.2) is 18.5 Å². The average molecular weight is 254 g/mol. The van der Waals surface area contributed by atoms with Crippen molar-refractivity contribution in [2.45, 2.75) is 40.3 Å². The Morgan fingerprint density at radius 2 is 2.06 bits per heavy atom. The Labute approximate surface area is 108 Å². The zero-order valence-corrected chi connectivity index (χ0v) is 11.9. The summed E-state index contributed by atoms with van der Waals surface area (Å²) in [5.74, 6) is 0.568. The van der Waals surface area contributed by atoms with Gasteiger partial charge in [-0.2, -0.15) is 0 Å². The van der Waals surface area contributed by atoms with Crippen LogP contribution in [0.5, 0.6) is 0 Å². The Balaban J connectivity index is 2.29. The van der Waals surface area contributed by atoms with Crippen molar-refractivity contribution in [1.29, 1.82) is 0 Å². The molecule has 0 aliphatic heterocycles. The van der Waals surface area contributed by atoms with Crippen LogP contribution in [0.3, 0.4) is 0 Å². The summed E-state index contributed by atoms with van der Waals surface area (Å²) < 4.78 is 0. The topological polar surface area (TPSA) is 41.1 Å². The summed E-state index contributed by atoms with van der Waals surface area (Å²) in [5, 5.41) is 6.16. The Morgan fingerprint density at radius 3 is 2.59 bits per heavy atom. The van der Waals surface area contributed by atoms with E-state index in [-0.39, 0.29) is 11.9 Å². The molecule has 3 nitrogen and oxygen atoms in total. The Morgan fingerprint density at radius 1 is 1.35 bits per heavy atom. The smallest absolute Gasteiger partial charge is 0.236 e. The maximum atomic E-state index is 11.7. The summed E-state index contributed by atoms with van der Waals surface area (Å²) in [6, 6.07) is 4.06. The molecule has 17 heavy (non-hydrogen) atoms. The van der Waals surface area contributed by atoms with E-state index < -0.39 is 0 Å². The van der Waals surface area contributed by atoms with Gasteiger partial charge < -0.3 is 10.6 Å². The Kier molecular flexibility index (Phi) is 5.65. The monoisotopic (exact) mass is 254 g/mol. The van der Waals surface area contributed by atoms with Crippen molar-refractivity contribution < 1.29 is 4.79 Å². The molecule has 1 amide bonds. The summed E-state index contributed by atoms with van der Waals surface area (Å²) >= 11 is 1.77. The first-order chi connectivity index (χ1) is 7.99. The van der Waals surface area contributed by atoms with E-state index in [0.29, 0.717) is 5.92 Å². The highest BCUT2D eigenvalue weighted by Gasteiger charge is 2.12. The maximum Gasteiger partial charge on any atom is 0.236 e. The van der Waals surface area contributed by atoms with Crippen LogP contribution in [0.1, 0.15) is 30.5 Å². The molecule has 1 aromatic heterocycles. The van der Waals surface area contributed by atoms with Crippen LogP contribution in [0.2, 0.25) is 0 Å². The van der Waals surface area contributed by atoms with Crippen molar-refractivity contribution in [3.05, 3.63) is 21.9 Å². The highest BCUT2D eigenvalue weighted by atomic mass is 32.1. The molecule has 0 bridgehead atoms. The van der Waals surface area contributed by atoms with Gasteiger partial charge >= 0.3 is 0 Å². The number of aryl methyl sites for hydroxylation is 1. The van der Waals surface area contributed by atoms with E-state index in [9.17, 15) is 4.79 Å². The SMILES string of the molecule is Cc1ccc(CNC(C)C(=O)NCC(C)C)s1. The molecule has 96 valence electrons. The molecule has 0 aromatic carbocycles. The van der Waals surface area contributed by atoms with E-state index in [4.69, 9.17) is 0 Å². The van der Waals surface area contributed by atoms with Gasteiger partial charge in [-0.25, -0.2) is 0 Å². The molecule has 0 fully saturated rings. The van der Waals surface area contributed by atoms with E-state index in [0.717, 1.165) is 13.1 Å². The molecule has 0 aliphatic carbocycles. The van der Waals surface area contributed by atoms with Crippen LogP contribution >= 0.6 is 11.3 Å². The fourth-order valence-electron chi connectivity index (χ4n) is 1.38. The van der Waals surface area contributed by atoms with Crippen molar-refractivity contribution in [2.24, 2.45) is 5.92 Å². The fourth-order valence-corrected chi connectivity index (χ4v) is 2.23. The van der Waals surface area contributed by atoms with Crippen molar-refractivity contribution in [1.82, 2.24) is 10.6 Å². The summed E-state index contributed by atoms with van der Waals surface area (Å²) in [6.07, 6.45) is 0. The number of hydrogen-bond donors (Lipinski definition) is 2. The second kappa shape index (κ2) is 6.77. The lowest BCUT2D eigenvalue weighted by atomic mass is 10.2. The van der Waals surface area contributed by atoms with Gasteiger partial charge in [0.1, 0.15) is 0 Å². The minimum Gasteiger partial charge on any atom is -0.354 e. The fraction of sp³-hybridized carbons (Fsp3) is 0.615. The van der Waals surface area contributed by atoms with Crippen molar-refractivity contribution in [3.63, 3.8) is 0 Å². The van der Waals surface area contributed by atoms with Gasteiger partial charge in [-0.05, 0) is 31.9 Å². The largest absolute Gasteiger partial charge is 0.354 e. The zero-order valence-electron chi connectivity index (χ0n) is 11.0. The van der Waals surface area contributed by atoms with Gasteiger partial charge in [0, 0.05) is 22.8 Å². The molecule has 1 heterocycles. The van der Waals surface area contributed by atoms with Crippen LogP contribution in [0.4, 0.5) is 0 Å². The van der Waals surface area contributed by atoms with E-state index in [1.807, 2.05) is 6.92 Å². The third-order valence-corrected chi connectivity index (χ3v) is 3.46. The van der Waals surface area contributed by atoms with Gasteiger partial charge in [0.15, 0.2) is 0 Å². The highest BCUT2D eigenvalue weighted by molar-refractivity contribution is 7.11. The maximum absolute atomic E-state index is 11.7. The molecule has 1 rings (SSSR count). The molecule has 4 heteroatoms. The minimum absolute atomic E-state index is 0.0759. The third kappa shape index (κ3) is 5.33. The Hall–Kier alpha value is -0.870. The van der Waals surface area contributed by atoms with Gasteiger partial charge in [0.2, 0.25) is 5.91 Å². The molecular formula is C13H22N2OS. The number of nitrogens with one attached hydrogen (secondary N) is 2. The molecule has 0 spiro atoms. The predicted octanol–water partition coefficient (Wildman–Crippen LogP) is 2.31. The summed E-state index contributed by atoms with van der Waals surface area (Å²) in [7, 11) is 0. The second-order valence-corrected chi connectivity index (χ2v) is 6.13. The van der Waals surface area contributed by atoms with E-state index in [2.05, 4.69) is 43.5 Å². The molecule has 1 aromatic rings. The minimum atomic E-state index is -0.142.